The Labute approximate surface area is 176 Å². The molecule has 0 amide bonds. The summed E-state index contributed by atoms with van der Waals surface area (Å²) in [5.74, 6) is 0.382. The molecule has 0 saturated carbocycles. The Morgan fingerprint density at radius 2 is 1.97 bits per heavy atom. The van der Waals surface area contributed by atoms with Crippen molar-refractivity contribution in [2.75, 3.05) is 11.9 Å². The first-order valence-electron chi connectivity index (χ1n) is 8.97. The lowest BCUT2D eigenvalue weighted by Crippen LogP contribution is -2.17. The molecule has 0 fully saturated rings. The Balaban J connectivity index is 1.66. The second-order valence-electron chi connectivity index (χ2n) is 6.78. The van der Waals surface area contributed by atoms with Gasteiger partial charge in [0.15, 0.2) is 0 Å². The molecule has 0 spiro atoms. The van der Waals surface area contributed by atoms with E-state index in [1.54, 1.807) is 24.4 Å². The molecule has 6 nitrogen and oxygen atoms in total. The third kappa shape index (κ3) is 4.00. The van der Waals surface area contributed by atoms with Crippen LogP contribution in [0.3, 0.4) is 0 Å². The molecular formula is C21H18Cl2N4O2. The summed E-state index contributed by atoms with van der Waals surface area (Å²) < 4.78 is 0. The highest BCUT2D eigenvalue weighted by molar-refractivity contribution is 6.42. The molecule has 0 aliphatic heterocycles. The molecule has 0 saturated heterocycles. The highest BCUT2D eigenvalue weighted by Gasteiger charge is 2.16. The van der Waals surface area contributed by atoms with Crippen molar-refractivity contribution >= 4 is 39.9 Å². The fraction of sp³-hybridized carbons (Fsp3) is 0.143. The van der Waals surface area contributed by atoms with Gasteiger partial charge in [-0.2, -0.15) is 0 Å². The Kier molecular flexibility index (Phi) is 5.32. The number of hydrogen-bond acceptors (Lipinski definition) is 4. The molecule has 0 radical (unpaired) electrons. The van der Waals surface area contributed by atoms with Gasteiger partial charge in [0.05, 0.1) is 32.9 Å². The van der Waals surface area contributed by atoms with E-state index < -0.39 is 6.10 Å². The van der Waals surface area contributed by atoms with Crippen molar-refractivity contribution in [3.05, 3.63) is 80.2 Å². The van der Waals surface area contributed by atoms with E-state index in [2.05, 4.69) is 20.3 Å². The third-order valence-electron chi connectivity index (χ3n) is 4.63. The molecule has 2 heterocycles. The largest absolute Gasteiger partial charge is 0.387 e. The van der Waals surface area contributed by atoms with E-state index in [4.69, 9.17) is 23.2 Å². The van der Waals surface area contributed by atoms with Crippen molar-refractivity contribution in [1.82, 2.24) is 15.0 Å². The lowest BCUT2D eigenvalue weighted by atomic mass is 10.1. The van der Waals surface area contributed by atoms with Crippen molar-refractivity contribution in [2.24, 2.45) is 0 Å². The molecule has 29 heavy (non-hydrogen) atoms. The standard InChI is InChI=1S/C21H18Cl2N4O2/c1-11-3-2-4-12(7-11)18(28)10-25-15-5-6-24-21(29)19(15)20-26-16-8-13(22)14(23)9-17(16)27-20/h2-9,18,28H,10H2,1H3,(H,26,27)(H2,24,25,29). The maximum absolute atomic E-state index is 12.5. The Hall–Kier alpha value is -2.80. The molecule has 148 valence electrons. The molecule has 2 aromatic heterocycles. The first-order valence-corrected chi connectivity index (χ1v) is 9.73. The van der Waals surface area contributed by atoms with E-state index in [0.29, 0.717) is 38.2 Å². The zero-order chi connectivity index (χ0) is 20.5. The SMILES string of the molecule is Cc1cccc(C(O)CNc2cc[nH]c(=O)c2-c2nc3cc(Cl)c(Cl)cc3[nH]2)c1. The third-order valence-corrected chi connectivity index (χ3v) is 5.36. The van der Waals surface area contributed by atoms with Crippen molar-refractivity contribution < 1.29 is 5.11 Å². The van der Waals surface area contributed by atoms with Crippen LogP contribution in [0.5, 0.6) is 0 Å². The van der Waals surface area contributed by atoms with Gasteiger partial charge in [0.25, 0.3) is 5.56 Å². The van der Waals surface area contributed by atoms with Gasteiger partial charge in [0.1, 0.15) is 11.4 Å². The van der Waals surface area contributed by atoms with E-state index in [1.807, 2.05) is 31.2 Å². The van der Waals surface area contributed by atoms with Crippen molar-refractivity contribution in [3.8, 4) is 11.4 Å². The van der Waals surface area contributed by atoms with Gasteiger partial charge in [-0.25, -0.2) is 4.98 Å². The molecular weight excluding hydrogens is 411 g/mol. The van der Waals surface area contributed by atoms with Gasteiger partial charge < -0.3 is 20.4 Å². The molecule has 0 aliphatic rings. The predicted molar refractivity (Wildman–Crippen MR) is 117 cm³/mol. The van der Waals surface area contributed by atoms with Crippen LogP contribution in [0.25, 0.3) is 22.4 Å². The number of aryl methyl sites for hydroxylation is 1. The Morgan fingerprint density at radius 1 is 1.17 bits per heavy atom. The normalized spacial score (nSPS) is 12.3. The van der Waals surface area contributed by atoms with Crippen LogP contribution in [0.1, 0.15) is 17.2 Å². The molecule has 0 aliphatic carbocycles. The fourth-order valence-electron chi connectivity index (χ4n) is 3.19. The second-order valence-corrected chi connectivity index (χ2v) is 7.59. The van der Waals surface area contributed by atoms with Crippen LogP contribution < -0.4 is 10.9 Å². The van der Waals surface area contributed by atoms with Crippen LogP contribution in [0.2, 0.25) is 10.0 Å². The average molecular weight is 429 g/mol. The number of H-pyrrole nitrogens is 2. The maximum atomic E-state index is 12.5. The number of benzene rings is 2. The fourth-order valence-corrected chi connectivity index (χ4v) is 3.51. The average Bonchev–Trinajstić information content (AvgIpc) is 3.08. The summed E-state index contributed by atoms with van der Waals surface area (Å²) in [6, 6.07) is 12.7. The number of halogens is 2. The number of fused-ring (bicyclic) bond motifs is 1. The van der Waals surface area contributed by atoms with Crippen molar-refractivity contribution in [3.63, 3.8) is 0 Å². The summed E-state index contributed by atoms with van der Waals surface area (Å²) in [6.07, 6.45) is 0.819. The molecule has 1 atom stereocenters. The zero-order valence-corrected chi connectivity index (χ0v) is 17.0. The van der Waals surface area contributed by atoms with Crippen LogP contribution in [0.4, 0.5) is 5.69 Å². The summed E-state index contributed by atoms with van der Waals surface area (Å²) in [5.41, 5.74) is 3.72. The first kappa shape index (κ1) is 19.5. The van der Waals surface area contributed by atoms with Gasteiger partial charge in [-0.1, -0.05) is 53.0 Å². The molecule has 2 aromatic carbocycles. The molecule has 0 bridgehead atoms. The molecule has 8 heteroatoms. The number of aromatic amines is 2. The second kappa shape index (κ2) is 7.91. The van der Waals surface area contributed by atoms with Gasteiger partial charge in [-0.05, 0) is 30.7 Å². The van der Waals surface area contributed by atoms with Crippen LogP contribution in [0, 0.1) is 6.92 Å². The highest BCUT2D eigenvalue weighted by Crippen LogP contribution is 2.30. The lowest BCUT2D eigenvalue weighted by molar-refractivity contribution is 0.191. The Morgan fingerprint density at radius 3 is 2.76 bits per heavy atom. The minimum absolute atomic E-state index is 0.234. The van der Waals surface area contributed by atoms with Gasteiger partial charge in [0, 0.05) is 12.7 Å². The zero-order valence-electron chi connectivity index (χ0n) is 15.5. The number of aliphatic hydroxyl groups is 1. The van der Waals surface area contributed by atoms with E-state index in [1.165, 1.54) is 0 Å². The molecule has 1 unspecified atom stereocenters. The van der Waals surface area contributed by atoms with Crippen LogP contribution in [0.15, 0.2) is 53.5 Å². The van der Waals surface area contributed by atoms with Gasteiger partial charge >= 0.3 is 0 Å². The number of hydrogen-bond donors (Lipinski definition) is 4. The number of rotatable bonds is 5. The van der Waals surface area contributed by atoms with Crippen molar-refractivity contribution in [2.45, 2.75) is 13.0 Å². The Bertz CT molecular complexity index is 1210. The van der Waals surface area contributed by atoms with Crippen LogP contribution >= 0.6 is 23.2 Å². The van der Waals surface area contributed by atoms with E-state index in [0.717, 1.165) is 11.1 Å². The topological polar surface area (TPSA) is 93.8 Å². The van der Waals surface area contributed by atoms with Gasteiger partial charge in [-0.15, -0.1) is 0 Å². The van der Waals surface area contributed by atoms with Gasteiger partial charge in [0.2, 0.25) is 0 Å². The molecule has 4 aromatic rings. The summed E-state index contributed by atoms with van der Waals surface area (Å²) in [6.45, 7) is 2.20. The number of pyridine rings is 1. The number of aromatic nitrogens is 3. The number of imidazole rings is 1. The summed E-state index contributed by atoms with van der Waals surface area (Å²) in [4.78, 5) is 22.8. The summed E-state index contributed by atoms with van der Waals surface area (Å²) in [7, 11) is 0. The van der Waals surface area contributed by atoms with Crippen molar-refractivity contribution in [1.29, 1.82) is 0 Å². The number of anilines is 1. The first-order chi connectivity index (χ1) is 13.9. The quantitative estimate of drug-likeness (QED) is 0.371. The van der Waals surface area contributed by atoms with E-state index >= 15 is 0 Å². The molecule has 4 N–H and O–H groups in total. The minimum Gasteiger partial charge on any atom is -0.387 e. The lowest BCUT2D eigenvalue weighted by Gasteiger charge is -2.15. The summed E-state index contributed by atoms with van der Waals surface area (Å²) >= 11 is 12.1. The van der Waals surface area contributed by atoms with Crippen LogP contribution in [-0.4, -0.2) is 26.6 Å². The monoisotopic (exact) mass is 428 g/mol. The highest BCUT2D eigenvalue weighted by atomic mass is 35.5. The summed E-state index contributed by atoms with van der Waals surface area (Å²) in [5, 5.41) is 14.5. The smallest absolute Gasteiger partial charge is 0.261 e. The van der Waals surface area contributed by atoms with E-state index in [9.17, 15) is 9.90 Å². The number of aliphatic hydroxyl groups excluding tert-OH is 1. The minimum atomic E-state index is -0.727. The number of nitrogens with zero attached hydrogens (tertiary/aromatic N) is 1. The molecule has 4 rings (SSSR count). The van der Waals surface area contributed by atoms with Gasteiger partial charge in [-0.3, -0.25) is 4.79 Å². The maximum Gasteiger partial charge on any atom is 0.261 e. The van der Waals surface area contributed by atoms with Crippen LogP contribution in [-0.2, 0) is 0 Å². The number of nitrogens with one attached hydrogen (secondary N) is 3. The predicted octanol–water partition coefficient (Wildman–Crippen LogP) is 4.68. The van der Waals surface area contributed by atoms with E-state index in [-0.39, 0.29) is 12.1 Å².